The third-order valence-electron chi connectivity index (χ3n) is 5.02. The van der Waals surface area contributed by atoms with Crippen LogP contribution >= 0.6 is 11.3 Å². The van der Waals surface area contributed by atoms with Gasteiger partial charge in [0.05, 0.1) is 0 Å². The lowest BCUT2D eigenvalue weighted by molar-refractivity contribution is 0.349. The van der Waals surface area contributed by atoms with Gasteiger partial charge in [0.15, 0.2) is 0 Å². The van der Waals surface area contributed by atoms with E-state index in [1.165, 1.54) is 29.3 Å². The van der Waals surface area contributed by atoms with Gasteiger partial charge in [-0.25, -0.2) is 0 Å². The predicted octanol–water partition coefficient (Wildman–Crippen LogP) is 4.60. The monoisotopic (exact) mass is 271 g/mol. The first-order chi connectivity index (χ1) is 9.36. The van der Waals surface area contributed by atoms with Crippen LogP contribution in [0, 0.1) is 17.8 Å². The Bertz CT molecular complexity index is 578. The molecular formula is C17H21NS. The molecule has 19 heavy (non-hydrogen) atoms. The minimum absolute atomic E-state index is 0.578. The molecule has 1 aromatic heterocycles. The number of benzene rings is 1. The quantitative estimate of drug-likeness (QED) is 0.857. The van der Waals surface area contributed by atoms with Crippen LogP contribution in [-0.2, 0) is 0 Å². The minimum Gasteiger partial charge on any atom is -0.310 e. The van der Waals surface area contributed by atoms with E-state index in [1.54, 1.807) is 5.56 Å². The molecule has 0 spiro atoms. The van der Waals surface area contributed by atoms with Crippen molar-refractivity contribution in [1.29, 1.82) is 0 Å². The molecule has 2 saturated carbocycles. The molecule has 1 heterocycles. The summed E-state index contributed by atoms with van der Waals surface area (Å²) >= 11 is 1.90. The smallest absolute Gasteiger partial charge is 0.0363 e. The topological polar surface area (TPSA) is 12.0 Å². The Labute approximate surface area is 119 Å². The number of thiophene rings is 1. The highest BCUT2D eigenvalue weighted by atomic mass is 32.1. The van der Waals surface area contributed by atoms with Gasteiger partial charge < -0.3 is 5.32 Å². The van der Waals surface area contributed by atoms with E-state index < -0.39 is 0 Å². The zero-order valence-electron chi connectivity index (χ0n) is 11.4. The summed E-state index contributed by atoms with van der Waals surface area (Å²) in [6.45, 7) is 3.30. The van der Waals surface area contributed by atoms with Crippen LogP contribution in [-0.4, -0.2) is 6.54 Å². The number of fused-ring (bicyclic) bond motifs is 2. The highest BCUT2D eigenvalue weighted by molar-refractivity contribution is 7.17. The second-order valence-corrected chi connectivity index (χ2v) is 7.12. The molecule has 1 aromatic carbocycles. The van der Waals surface area contributed by atoms with E-state index in [0.717, 1.165) is 24.3 Å². The maximum Gasteiger partial charge on any atom is 0.0363 e. The van der Waals surface area contributed by atoms with Gasteiger partial charge >= 0.3 is 0 Å². The number of nitrogens with one attached hydrogen (secondary N) is 1. The predicted molar refractivity (Wildman–Crippen MR) is 82.6 cm³/mol. The van der Waals surface area contributed by atoms with E-state index in [1.807, 2.05) is 11.3 Å². The molecule has 2 heteroatoms. The summed E-state index contributed by atoms with van der Waals surface area (Å²) in [4.78, 5) is 0. The summed E-state index contributed by atoms with van der Waals surface area (Å²) < 4.78 is 1.43. The molecule has 2 aliphatic carbocycles. The van der Waals surface area contributed by atoms with Gasteiger partial charge in [0.2, 0.25) is 0 Å². The van der Waals surface area contributed by atoms with Crippen LogP contribution in [0.4, 0.5) is 0 Å². The molecule has 100 valence electrons. The fourth-order valence-corrected chi connectivity index (χ4v) is 5.02. The summed E-state index contributed by atoms with van der Waals surface area (Å²) in [5.74, 6) is 2.99. The maximum absolute atomic E-state index is 3.77. The summed E-state index contributed by atoms with van der Waals surface area (Å²) in [6, 6.07) is 9.44. The summed E-state index contributed by atoms with van der Waals surface area (Å²) in [5, 5.41) is 7.63. The fraction of sp³-hybridized carbons (Fsp3) is 0.529. The van der Waals surface area contributed by atoms with Crippen LogP contribution in [0.2, 0.25) is 0 Å². The SMILES string of the molecule is CCNC(c1csc2ccccc12)C1CC2CC2C1. The minimum atomic E-state index is 0.578. The van der Waals surface area contributed by atoms with E-state index in [-0.39, 0.29) is 0 Å². The third-order valence-corrected chi connectivity index (χ3v) is 6.00. The average Bonchev–Trinajstić information content (AvgIpc) is 2.89. The standard InChI is InChI=1S/C17H21NS/c1-2-18-17(13-8-11-7-12(11)9-13)15-10-19-16-6-4-3-5-14(15)16/h3-6,10-13,17-18H,2,7-9H2,1H3. The van der Waals surface area contributed by atoms with Gasteiger partial charge in [-0.15, -0.1) is 11.3 Å². The maximum atomic E-state index is 3.77. The first-order valence-corrected chi connectivity index (χ1v) is 8.44. The van der Waals surface area contributed by atoms with Crippen molar-refractivity contribution in [1.82, 2.24) is 5.32 Å². The fourth-order valence-electron chi connectivity index (χ4n) is 4.02. The van der Waals surface area contributed by atoms with Crippen molar-refractivity contribution < 1.29 is 0 Å². The van der Waals surface area contributed by atoms with Crippen LogP contribution in [0.25, 0.3) is 10.1 Å². The Morgan fingerprint density at radius 1 is 1.21 bits per heavy atom. The van der Waals surface area contributed by atoms with E-state index in [4.69, 9.17) is 0 Å². The van der Waals surface area contributed by atoms with Crippen LogP contribution in [0.1, 0.15) is 37.8 Å². The number of hydrogen-bond donors (Lipinski definition) is 1. The van der Waals surface area contributed by atoms with Crippen LogP contribution in [0.3, 0.4) is 0 Å². The van der Waals surface area contributed by atoms with Gasteiger partial charge in [-0.05, 0) is 66.0 Å². The van der Waals surface area contributed by atoms with Gasteiger partial charge in [0.1, 0.15) is 0 Å². The normalized spacial score (nSPS) is 30.5. The number of hydrogen-bond acceptors (Lipinski definition) is 2. The highest BCUT2D eigenvalue weighted by Crippen LogP contribution is 2.57. The highest BCUT2D eigenvalue weighted by Gasteiger charge is 2.48. The zero-order valence-corrected chi connectivity index (χ0v) is 12.2. The van der Waals surface area contributed by atoms with Crippen LogP contribution in [0.5, 0.6) is 0 Å². The number of rotatable bonds is 4. The van der Waals surface area contributed by atoms with Crippen LogP contribution in [0.15, 0.2) is 29.6 Å². The molecule has 2 aromatic rings. The molecule has 3 atom stereocenters. The molecule has 0 saturated heterocycles. The molecule has 0 aliphatic heterocycles. The molecule has 3 unspecified atom stereocenters. The van der Waals surface area contributed by atoms with Gasteiger partial charge in [-0.1, -0.05) is 25.1 Å². The van der Waals surface area contributed by atoms with E-state index >= 15 is 0 Å². The van der Waals surface area contributed by atoms with E-state index in [9.17, 15) is 0 Å². The summed E-state index contributed by atoms with van der Waals surface area (Å²) in [6.07, 6.45) is 4.42. The van der Waals surface area contributed by atoms with Gasteiger partial charge in [0.25, 0.3) is 0 Å². The van der Waals surface area contributed by atoms with Crippen molar-refractivity contribution in [3.8, 4) is 0 Å². The summed E-state index contributed by atoms with van der Waals surface area (Å²) in [7, 11) is 0. The van der Waals surface area contributed by atoms with Gasteiger partial charge in [0, 0.05) is 10.7 Å². The largest absolute Gasteiger partial charge is 0.310 e. The first kappa shape index (κ1) is 11.9. The van der Waals surface area contributed by atoms with Crippen LogP contribution < -0.4 is 5.32 Å². The van der Waals surface area contributed by atoms with Crippen molar-refractivity contribution >= 4 is 21.4 Å². The van der Waals surface area contributed by atoms with Gasteiger partial charge in [-0.3, -0.25) is 0 Å². The molecular weight excluding hydrogens is 250 g/mol. The molecule has 2 fully saturated rings. The molecule has 2 aliphatic rings. The lowest BCUT2D eigenvalue weighted by Gasteiger charge is -2.25. The molecule has 0 radical (unpaired) electrons. The summed E-state index contributed by atoms with van der Waals surface area (Å²) in [5.41, 5.74) is 1.55. The second-order valence-electron chi connectivity index (χ2n) is 6.21. The zero-order chi connectivity index (χ0) is 12.8. The van der Waals surface area contributed by atoms with Crippen molar-refractivity contribution in [2.24, 2.45) is 17.8 Å². The molecule has 4 rings (SSSR count). The Balaban J connectivity index is 1.69. The lowest BCUT2D eigenvalue weighted by Crippen LogP contribution is -2.27. The second kappa shape index (κ2) is 4.60. The van der Waals surface area contributed by atoms with Crippen molar-refractivity contribution in [3.05, 3.63) is 35.2 Å². The first-order valence-electron chi connectivity index (χ1n) is 7.56. The average molecular weight is 271 g/mol. The van der Waals surface area contributed by atoms with Gasteiger partial charge in [-0.2, -0.15) is 0 Å². The van der Waals surface area contributed by atoms with Crippen molar-refractivity contribution in [2.75, 3.05) is 6.54 Å². The lowest BCUT2D eigenvalue weighted by atomic mass is 9.89. The molecule has 0 bridgehead atoms. The Morgan fingerprint density at radius 3 is 2.79 bits per heavy atom. The Morgan fingerprint density at radius 2 is 2.00 bits per heavy atom. The van der Waals surface area contributed by atoms with E-state index in [0.29, 0.717) is 6.04 Å². The molecule has 1 N–H and O–H groups in total. The van der Waals surface area contributed by atoms with E-state index in [2.05, 4.69) is 41.9 Å². The third kappa shape index (κ3) is 2.02. The Kier molecular flexibility index (Phi) is 2.89. The molecule has 1 nitrogen and oxygen atoms in total. The molecule has 0 amide bonds. The van der Waals surface area contributed by atoms with Crippen molar-refractivity contribution in [2.45, 2.75) is 32.2 Å². The van der Waals surface area contributed by atoms with Crippen molar-refractivity contribution in [3.63, 3.8) is 0 Å². The Hall–Kier alpha value is -0.860.